The van der Waals surface area contributed by atoms with Crippen molar-refractivity contribution in [1.29, 1.82) is 0 Å². The lowest BCUT2D eigenvalue weighted by molar-refractivity contribution is 0.0698. The minimum absolute atomic E-state index is 0.0286. The van der Waals surface area contributed by atoms with E-state index in [0.717, 1.165) is 24.7 Å². The van der Waals surface area contributed by atoms with Crippen molar-refractivity contribution in [2.75, 3.05) is 32.0 Å². The van der Waals surface area contributed by atoms with Gasteiger partial charge in [0, 0.05) is 25.7 Å². The number of hydrogen-bond acceptors (Lipinski definition) is 3. The number of amides is 2. The quantitative estimate of drug-likeness (QED) is 0.871. The molecule has 0 aliphatic carbocycles. The second-order valence-electron chi connectivity index (χ2n) is 5.20. The van der Waals surface area contributed by atoms with Crippen LogP contribution in [0.2, 0.25) is 0 Å². The predicted octanol–water partition coefficient (Wildman–Crippen LogP) is 1.69. The van der Waals surface area contributed by atoms with Crippen molar-refractivity contribution in [3.05, 3.63) is 29.6 Å². The van der Waals surface area contributed by atoms with E-state index >= 15 is 0 Å². The van der Waals surface area contributed by atoms with Crippen molar-refractivity contribution in [3.8, 4) is 0 Å². The van der Waals surface area contributed by atoms with Gasteiger partial charge >= 0.3 is 12.0 Å². The molecule has 1 aliphatic rings. The van der Waals surface area contributed by atoms with Crippen LogP contribution in [0.4, 0.5) is 14.9 Å². The summed E-state index contributed by atoms with van der Waals surface area (Å²) in [5, 5.41) is 11.5. The van der Waals surface area contributed by atoms with E-state index in [1.54, 1.807) is 4.90 Å². The monoisotopic (exact) mass is 295 g/mol. The SMILES string of the molecule is CC1CN(C(=O)Nc2cc(F)ccc2C(=O)O)CCN1C. The minimum atomic E-state index is -1.21. The van der Waals surface area contributed by atoms with Gasteiger partial charge in [0.25, 0.3) is 0 Å². The van der Waals surface area contributed by atoms with Gasteiger partial charge in [0.05, 0.1) is 11.3 Å². The number of hydrogen-bond donors (Lipinski definition) is 2. The fourth-order valence-electron chi connectivity index (χ4n) is 2.23. The number of rotatable bonds is 2. The van der Waals surface area contributed by atoms with E-state index in [9.17, 15) is 14.0 Å². The lowest BCUT2D eigenvalue weighted by Crippen LogP contribution is -2.53. The number of carbonyl (C=O) groups excluding carboxylic acids is 1. The number of aromatic carboxylic acids is 1. The molecule has 1 heterocycles. The largest absolute Gasteiger partial charge is 0.478 e. The first kappa shape index (κ1) is 15.2. The number of likely N-dealkylation sites (N-methyl/N-ethyl adjacent to an activating group) is 1. The van der Waals surface area contributed by atoms with E-state index in [1.807, 2.05) is 14.0 Å². The molecular weight excluding hydrogens is 277 g/mol. The highest BCUT2D eigenvalue weighted by Crippen LogP contribution is 2.18. The Balaban J connectivity index is 2.13. The van der Waals surface area contributed by atoms with Crippen molar-refractivity contribution < 1.29 is 19.1 Å². The normalized spacial score (nSPS) is 19.4. The molecule has 114 valence electrons. The summed E-state index contributed by atoms with van der Waals surface area (Å²) in [6.45, 7) is 3.83. The molecule has 1 fully saturated rings. The zero-order valence-corrected chi connectivity index (χ0v) is 12.0. The fraction of sp³-hybridized carbons (Fsp3) is 0.429. The number of nitrogens with zero attached hydrogens (tertiary/aromatic N) is 2. The highest BCUT2D eigenvalue weighted by atomic mass is 19.1. The van der Waals surface area contributed by atoms with Crippen molar-refractivity contribution in [1.82, 2.24) is 9.80 Å². The van der Waals surface area contributed by atoms with Gasteiger partial charge in [-0.2, -0.15) is 0 Å². The van der Waals surface area contributed by atoms with E-state index in [1.165, 1.54) is 0 Å². The zero-order valence-electron chi connectivity index (χ0n) is 12.0. The molecule has 7 heteroatoms. The maximum absolute atomic E-state index is 13.3. The van der Waals surface area contributed by atoms with Gasteiger partial charge in [0.15, 0.2) is 0 Å². The average molecular weight is 295 g/mol. The van der Waals surface area contributed by atoms with Gasteiger partial charge in [0.2, 0.25) is 0 Å². The summed E-state index contributed by atoms with van der Waals surface area (Å²) in [6.07, 6.45) is 0. The molecule has 0 radical (unpaired) electrons. The maximum Gasteiger partial charge on any atom is 0.337 e. The van der Waals surface area contributed by atoms with E-state index in [4.69, 9.17) is 5.11 Å². The first-order valence-electron chi connectivity index (χ1n) is 6.67. The summed E-state index contributed by atoms with van der Waals surface area (Å²) in [5.74, 6) is -1.81. The van der Waals surface area contributed by atoms with Crippen LogP contribution < -0.4 is 5.32 Å². The molecular formula is C14H18FN3O3. The first-order chi connectivity index (χ1) is 9.88. The molecule has 1 aromatic rings. The molecule has 0 aromatic heterocycles. The van der Waals surface area contributed by atoms with Gasteiger partial charge in [-0.15, -0.1) is 0 Å². The van der Waals surface area contributed by atoms with E-state index in [-0.39, 0.29) is 17.3 Å². The lowest BCUT2D eigenvalue weighted by Gasteiger charge is -2.37. The Morgan fingerprint density at radius 1 is 1.38 bits per heavy atom. The predicted molar refractivity (Wildman–Crippen MR) is 76.0 cm³/mol. The van der Waals surface area contributed by atoms with Crippen LogP contribution in [0.25, 0.3) is 0 Å². The van der Waals surface area contributed by atoms with Crippen molar-refractivity contribution >= 4 is 17.7 Å². The van der Waals surface area contributed by atoms with Crippen LogP contribution in [-0.4, -0.2) is 59.6 Å². The number of halogens is 1. The number of piperazine rings is 1. The summed E-state index contributed by atoms with van der Waals surface area (Å²) >= 11 is 0. The Kier molecular flexibility index (Phi) is 4.42. The molecule has 0 saturated carbocycles. The van der Waals surface area contributed by atoms with Gasteiger partial charge in [0.1, 0.15) is 5.82 Å². The summed E-state index contributed by atoms with van der Waals surface area (Å²) in [4.78, 5) is 27.0. The highest BCUT2D eigenvalue weighted by molar-refractivity contribution is 6.00. The van der Waals surface area contributed by atoms with Gasteiger partial charge in [-0.3, -0.25) is 0 Å². The number of carboxylic acid groups (broad SMARTS) is 1. The van der Waals surface area contributed by atoms with Crippen LogP contribution in [0, 0.1) is 5.82 Å². The van der Waals surface area contributed by atoms with E-state index in [0.29, 0.717) is 13.1 Å². The Morgan fingerprint density at radius 3 is 2.71 bits per heavy atom. The third-order valence-electron chi connectivity index (χ3n) is 3.70. The molecule has 1 saturated heterocycles. The second-order valence-corrected chi connectivity index (χ2v) is 5.20. The van der Waals surface area contributed by atoms with Crippen LogP contribution in [0.3, 0.4) is 0 Å². The van der Waals surface area contributed by atoms with Crippen LogP contribution in [-0.2, 0) is 0 Å². The summed E-state index contributed by atoms with van der Waals surface area (Å²) in [5.41, 5.74) is -0.161. The number of carboxylic acids is 1. The number of benzene rings is 1. The molecule has 1 atom stereocenters. The van der Waals surface area contributed by atoms with E-state index in [2.05, 4.69) is 10.2 Å². The molecule has 21 heavy (non-hydrogen) atoms. The molecule has 1 aromatic carbocycles. The number of carbonyl (C=O) groups is 2. The number of nitrogens with one attached hydrogen (secondary N) is 1. The average Bonchev–Trinajstić information content (AvgIpc) is 2.41. The molecule has 2 N–H and O–H groups in total. The van der Waals surface area contributed by atoms with Crippen molar-refractivity contribution in [2.45, 2.75) is 13.0 Å². The molecule has 1 unspecified atom stereocenters. The Morgan fingerprint density at radius 2 is 2.10 bits per heavy atom. The minimum Gasteiger partial charge on any atom is -0.478 e. The molecule has 6 nitrogen and oxygen atoms in total. The summed E-state index contributed by atoms with van der Waals surface area (Å²) < 4.78 is 13.3. The first-order valence-corrected chi connectivity index (χ1v) is 6.67. The van der Waals surface area contributed by atoms with Crippen LogP contribution in [0.1, 0.15) is 17.3 Å². The molecule has 2 rings (SSSR count). The second kappa shape index (κ2) is 6.09. The van der Waals surface area contributed by atoms with Crippen molar-refractivity contribution in [2.24, 2.45) is 0 Å². The van der Waals surface area contributed by atoms with Gasteiger partial charge in [-0.05, 0) is 32.2 Å². The van der Waals surface area contributed by atoms with Gasteiger partial charge in [-0.1, -0.05) is 0 Å². The third-order valence-corrected chi connectivity index (χ3v) is 3.70. The molecule has 2 amide bonds. The number of urea groups is 1. The van der Waals surface area contributed by atoms with Gasteiger partial charge in [-0.25, -0.2) is 14.0 Å². The van der Waals surface area contributed by atoms with Crippen molar-refractivity contribution in [3.63, 3.8) is 0 Å². The van der Waals surface area contributed by atoms with Crippen LogP contribution in [0.5, 0.6) is 0 Å². The highest BCUT2D eigenvalue weighted by Gasteiger charge is 2.25. The smallest absolute Gasteiger partial charge is 0.337 e. The van der Waals surface area contributed by atoms with Crippen LogP contribution in [0.15, 0.2) is 18.2 Å². The topological polar surface area (TPSA) is 72.9 Å². The Bertz CT molecular complexity index is 564. The lowest BCUT2D eigenvalue weighted by atomic mass is 10.1. The van der Waals surface area contributed by atoms with E-state index < -0.39 is 17.8 Å². The van der Waals surface area contributed by atoms with Gasteiger partial charge < -0.3 is 20.2 Å². The molecule has 0 spiro atoms. The Labute approximate surface area is 122 Å². The number of anilines is 1. The maximum atomic E-state index is 13.3. The zero-order chi connectivity index (χ0) is 15.6. The molecule has 0 bridgehead atoms. The Hall–Kier alpha value is -2.15. The molecule has 1 aliphatic heterocycles. The summed E-state index contributed by atoms with van der Waals surface area (Å²) in [7, 11) is 1.98. The summed E-state index contributed by atoms with van der Waals surface area (Å²) in [6, 6.07) is 3.01. The third kappa shape index (κ3) is 3.49. The fourth-order valence-corrected chi connectivity index (χ4v) is 2.23. The standard InChI is InChI=1S/C14H18FN3O3/c1-9-8-18(6-5-17(9)2)14(21)16-12-7-10(15)3-4-11(12)13(19)20/h3-4,7,9H,5-6,8H2,1-2H3,(H,16,21)(H,19,20). The van der Waals surface area contributed by atoms with Crippen LogP contribution >= 0.6 is 0 Å².